The lowest BCUT2D eigenvalue weighted by Gasteiger charge is -2.15. The quantitative estimate of drug-likeness (QED) is 0.397. The first-order valence-corrected chi connectivity index (χ1v) is 11.5. The lowest BCUT2D eigenvalue weighted by molar-refractivity contribution is 0.613. The molecule has 1 saturated carbocycles. The number of nitrogens with one attached hydrogen (secondary N) is 3. The summed E-state index contributed by atoms with van der Waals surface area (Å²) in [5.41, 5.74) is 4.18. The van der Waals surface area contributed by atoms with Gasteiger partial charge in [0.15, 0.2) is 5.65 Å². The second-order valence-corrected chi connectivity index (χ2v) is 8.84. The number of hydrogen-bond acceptors (Lipinski definition) is 6. The molecule has 2 aliphatic rings. The average Bonchev–Trinajstić information content (AvgIpc) is 3.38. The van der Waals surface area contributed by atoms with E-state index in [9.17, 15) is 4.39 Å². The molecule has 1 aromatic carbocycles. The highest BCUT2D eigenvalue weighted by atomic mass is 19.1. The first-order valence-electron chi connectivity index (χ1n) is 11.5. The Morgan fingerprint density at radius 1 is 1.12 bits per heavy atom. The Morgan fingerprint density at radius 3 is 2.82 bits per heavy atom. The standard InChI is InChI=1S/C25H26FN7/c26-21-11-17(22-3-1-2-9-28-22)6-7-18(21)13-29-24-12-23(31-19-8-10-27-14-19)32-25-20(16-4-5-16)15-30-33(24)25/h1-3,6-7,9,11-12,15-16,19,27,29H,4-5,8,10,13-14H2,(H,31,32)/t19-/m0/s1. The summed E-state index contributed by atoms with van der Waals surface area (Å²) >= 11 is 0. The fourth-order valence-corrected chi connectivity index (χ4v) is 4.42. The first kappa shape index (κ1) is 20.1. The van der Waals surface area contributed by atoms with E-state index in [1.165, 1.54) is 18.4 Å². The van der Waals surface area contributed by atoms with Crippen LogP contribution in [0.25, 0.3) is 16.9 Å². The van der Waals surface area contributed by atoms with Crippen LogP contribution < -0.4 is 16.0 Å². The van der Waals surface area contributed by atoms with E-state index < -0.39 is 0 Å². The molecule has 3 aromatic heterocycles. The van der Waals surface area contributed by atoms with Crippen LogP contribution in [0.2, 0.25) is 0 Å². The van der Waals surface area contributed by atoms with Crippen molar-refractivity contribution in [2.75, 3.05) is 23.7 Å². The molecule has 8 heteroatoms. The molecule has 1 saturated heterocycles. The van der Waals surface area contributed by atoms with Crippen LogP contribution >= 0.6 is 0 Å². The monoisotopic (exact) mass is 443 g/mol. The normalized spacial score (nSPS) is 18.0. The molecule has 6 rings (SSSR count). The highest BCUT2D eigenvalue weighted by molar-refractivity contribution is 5.62. The van der Waals surface area contributed by atoms with E-state index in [0.717, 1.165) is 48.1 Å². The molecule has 0 unspecified atom stereocenters. The number of benzene rings is 1. The highest BCUT2D eigenvalue weighted by Crippen LogP contribution is 2.42. The number of fused-ring (bicyclic) bond motifs is 1. The fraction of sp³-hybridized carbons (Fsp3) is 0.320. The Balaban J connectivity index is 1.27. The molecular weight excluding hydrogens is 417 g/mol. The lowest BCUT2D eigenvalue weighted by Crippen LogP contribution is -2.23. The van der Waals surface area contributed by atoms with Gasteiger partial charge in [-0.3, -0.25) is 4.98 Å². The Morgan fingerprint density at radius 2 is 2.06 bits per heavy atom. The molecule has 4 heterocycles. The lowest BCUT2D eigenvalue weighted by atomic mass is 10.1. The van der Waals surface area contributed by atoms with Gasteiger partial charge in [0.05, 0.1) is 11.9 Å². The molecule has 3 N–H and O–H groups in total. The summed E-state index contributed by atoms with van der Waals surface area (Å²) in [6, 6.07) is 13.2. The third kappa shape index (κ3) is 4.14. The number of pyridine rings is 1. The smallest absolute Gasteiger partial charge is 0.163 e. The second kappa shape index (κ2) is 8.44. The SMILES string of the molecule is Fc1cc(-c2ccccn2)ccc1CNc1cc(N[C@H]2CCNC2)nc2c(C3CC3)cnn12. The second-order valence-electron chi connectivity index (χ2n) is 8.84. The van der Waals surface area contributed by atoms with Crippen LogP contribution in [0.4, 0.5) is 16.0 Å². The van der Waals surface area contributed by atoms with Crippen LogP contribution in [0.15, 0.2) is 54.9 Å². The summed E-state index contributed by atoms with van der Waals surface area (Å²) < 4.78 is 16.7. The van der Waals surface area contributed by atoms with E-state index in [-0.39, 0.29) is 5.82 Å². The van der Waals surface area contributed by atoms with Gasteiger partial charge in [0.1, 0.15) is 17.5 Å². The Kier molecular flexibility index (Phi) is 5.14. The van der Waals surface area contributed by atoms with Crippen LogP contribution in [-0.2, 0) is 6.54 Å². The summed E-state index contributed by atoms with van der Waals surface area (Å²) in [7, 11) is 0. The molecule has 1 atom stereocenters. The van der Waals surface area contributed by atoms with Gasteiger partial charge >= 0.3 is 0 Å². The molecule has 168 valence electrons. The summed E-state index contributed by atoms with van der Waals surface area (Å²) in [6.45, 7) is 2.29. The van der Waals surface area contributed by atoms with Crippen molar-refractivity contribution in [1.82, 2.24) is 24.9 Å². The molecule has 4 aromatic rings. The van der Waals surface area contributed by atoms with Crippen LogP contribution in [0.3, 0.4) is 0 Å². The Bertz CT molecular complexity index is 1280. The van der Waals surface area contributed by atoms with Gasteiger partial charge in [-0.2, -0.15) is 9.61 Å². The number of hydrogen-bond donors (Lipinski definition) is 3. The molecule has 0 amide bonds. The van der Waals surface area contributed by atoms with Gasteiger partial charge in [-0.15, -0.1) is 0 Å². The topological polar surface area (TPSA) is 79.2 Å². The minimum absolute atomic E-state index is 0.259. The number of rotatable bonds is 7. The third-order valence-corrected chi connectivity index (χ3v) is 6.40. The predicted octanol–water partition coefficient (Wildman–Crippen LogP) is 4.19. The van der Waals surface area contributed by atoms with Gasteiger partial charge in [0.25, 0.3) is 0 Å². The summed E-state index contributed by atoms with van der Waals surface area (Å²) in [5.74, 6) is 1.91. The molecule has 1 aliphatic heterocycles. The van der Waals surface area contributed by atoms with Crippen LogP contribution in [0, 0.1) is 5.82 Å². The van der Waals surface area contributed by atoms with Crippen molar-refractivity contribution in [2.45, 2.75) is 37.8 Å². The van der Waals surface area contributed by atoms with E-state index in [2.05, 4.69) is 26.0 Å². The summed E-state index contributed by atoms with van der Waals surface area (Å²) in [5, 5.41) is 14.9. The first-order chi connectivity index (χ1) is 16.2. The summed E-state index contributed by atoms with van der Waals surface area (Å²) in [4.78, 5) is 9.19. The van der Waals surface area contributed by atoms with Gasteiger partial charge in [-0.1, -0.05) is 18.2 Å². The van der Waals surface area contributed by atoms with Crippen molar-refractivity contribution in [1.29, 1.82) is 0 Å². The van der Waals surface area contributed by atoms with Gasteiger partial charge in [0, 0.05) is 48.1 Å². The number of aromatic nitrogens is 4. The molecule has 7 nitrogen and oxygen atoms in total. The van der Waals surface area contributed by atoms with E-state index in [0.29, 0.717) is 24.1 Å². The fourth-order valence-electron chi connectivity index (χ4n) is 4.42. The van der Waals surface area contributed by atoms with Crippen molar-refractivity contribution >= 4 is 17.3 Å². The summed E-state index contributed by atoms with van der Waals surface area (Å²) in [6.07, 6.45) is 7.07. The molecule has 0 spiro atoms. The van der Waals surface area contributed by atoms with Crippen molar-refractivity contribution in [3.63, 3.8) is 0 Å². The number of nitrogens with zero attached hydrogens (tertiary/aromatic N) is 4. The maximum Gasteiger partial charge on any atom is 0.163 e. The molecule has 2 fully saturated rings. The third-order valence-electron chi connectivity index (χ3n) is 6.40. The van der Waals surface area contributed by atoms with Crippen LogP contribution in [0.1, 0.15) is 36.3 Å². The Hall–Kier alpha value is -3.52. The van der Waals surface area contributed by atoms with Crippen LogP contribution in [0.5, 0.6) is 0 Å². The van der Waals surface area contributed by atoms with Crippen molar-refractivity contribution in [3.05, 3.63) is 71.8 Å². The molecule has 0 bridgehead atoms. The van der Waals surface area contributed by atoms with Gasteiger partial charge in [0.2, 0.25) is 0 Å². The highest BCUT2D eigenvalue weighted by Gasteiger charge is 2.28. The van der Waals surface area contributed by atoms with E-state index in [1.54, 1.807) is 12.3 Å². The van der Waals surface area contributed by atoms with Crippen molar-refractivity contribution in [3.8, 4) is 11.3 Å². The van der Waals surface area contributed by atoms with E-state index in [4.69, 9.17) is 4.98 Å². The average molecular weight is 444 g/mol. The van der Waals surface area contributed by atoms with Crippen molar-refractivity contribution in [2.24, 2.45) is 0 Å². The van der Waals surface area contributed by atoms with Gasteiger partial charge in [-0.05, 0) is 49.9 Å². The number of anilines is 2. The molecule has 33 heavy (non-hydrogen) atoms. The molecular formula is C25H26FN7. The van der Waals surface area contributed by atoms with Gasteiger partial charge < -0.3 is 16.0 Å². The zero-order valence-electron chi connectivity index (χ0n) is 18.3. The minimum atomic E-state index is -0.259. The van der Waals surface area contributed by atoms with Gasteiger partial charge in [-0.25, -0.2) is 9.37 Å². The molecule has 0 radical (unpaired) electrons. The molecule has 1 aliphatic carbocycles. The number of halogens is 1. The minimum Gasteiger partial charge on any atom is -0.366 e. The largest absolute Gasteiger partial charge is 0.366 e. The maximum atomic E-state index is 14.9. The van der Waals surface area contributed by atoms with E-state index >= 15 is 0 Å². The maximum absolute atomic E-state index is 14.9. The zero-order valence-corrected chi connectivity index (χ0v) is 18.3. The predicted molar refractivity (Wildman–Crippen MR) is 127 cm³/mol. The van der Waals surface area contributed by atoms with Crippen LogP contribution in [-0.4, -0.2) is 38.7 Å². The Labute approximate surface area is 191 Å². The van der Waals surface area contributed by atoms with Crippen molar-refractivity contribution < 1.29 is 4.39 Å². The van der Waals surface area contributed by atoms with E-state index in [1.807, 2.05) is 47.1 Å². The zero-order chi connectivity index (χ0) is 22.2.